The van der Waals surface area contributed by atoms with E-state index in [-0.39, 0.29) is 0 Å². The van der Waals surface area contributed by atoms with Gasteiger partial charge in [0.05, 0.1) is 17.2 Å². The lowest BCUT2D eigenvalue weighted by Gasteiger charge is -2.37. The van der Waals surface area contributed by atoms with Crippen LogP contribution >= 0.6 is 0 Å². The van der Waals surface area contributed by atoms with Crippen molar-refractivity contribution in [2.45, 2.75) is 45.1 Å². The second-order valence-electron chi connectivity index (χ2n) is 5.80. The van der Waals surface area contributed by atoms with Gasteiger partial charge in [-0.25, -0.2) is 0 Å². The molecular weight excluding hydrogens is 222 g/mol. The molecule has 1 saturated carbocycles. The van der Waals surface area contributed by atoms with Crippen molar-refractivity contribution in [2.75, 3.05) is 0 Å². The third-order valence-corrected chi connectivity index (χ3v) is 4.39. The fourth-order valence-corrected chi connectivity index (χ4v) is 2.96. The van der Waals surface area contributed by atoms with Gasteiger partial charge in [-0.05, 0) is 49.3 Å². The molecule has 96 valence electrons. The van der Waals surface area contributed by atoms with E-state index in [1.165, 1.54) is 12.8 Å². The monoisotopic (exact) mass is 243 g/mol. The Morgan fingerprint density at radius 3 is 2.56 bits per heavy atom. The Bertz CT molecular complexity index is 450. The molecule has 0 radical (unpaired) electrons. The van der Waals surface area contributed by atoms with E-state index in [2.05, 4.69) is 13.0 Å². The van der Waals surface area contributed by atoms with Crippen LogP contribution in [0, 0.1) is 23.2 Å². The van der Waals surface area contributed by atoms with Gasteiger partial charge in [0, 0.05) is 0 Å². The van der Waals surface area contributed by atoms with Gasteiger partial charge in [0.1, 0.15) is 0 Å². The van der Waals surface area contributed by atoms with Crippen LogP contribution < -0.4 is 0 Å². The molecule has 1 unspecified atom stereocenters. The van der Waals surface area contributed by atoms with E-state index in [0.717, 1.165) is 24.3 Å². The molecule has 2 nitrogen and oxygen atoms in total. The average molecular weight is 243 g/mol. The van der Waals surface area contributed by atoms with E-state index < -0.39 is 5.60 Å². The standard InChI is InChI=1S/C16H21NO/c1-12-6-8-14(9-7-12)16(2,18)15-5-3-4-13(10-15)11-17/h3-5,10,12,14,18H,6-9H2,1-2H3. The zero-order valence-electron chi connectivity index (χ0n) is 11.2. The van der Waals surface area contributed by atoms with Gasteiger partial charge in [-0.2, -0.15) is 5.26 Å². The van der Waals surface area contributed by atoms with Crippen LogP contribution in [0.1, 0.15) is 50.7 Å². The highest BCUT2D eigenvalue weighted by molar-refractivity contribution is 5.35. The van der Waals surface area contributed by atoms with Crippen LogP contribution in [0.15, 0.2) is 24.3 Å². The Morgan fingerprint density at radius 2 is 1.94 bits per heavy atom. The Morgan fingerprint density at radius 1 is 1.28 bits per heavy atom. The summed E-state index contributed by atoms with van der Waals surface area (Å²) in [7, 11) is 0. The average Bonchev–Trinajstić information content (AvgIpc) is 2.39. The molecule has 0 spiro atoms. The van der Waals surface area contributed by atoms with E-state index in [0.29, 0.717) is 11.5 Å². The molecule has 1 N–H and O–H groups in total. The van der Waals surface area contributed by atoms with Crippen molar-refractivity contribution in [3.05, 3.63) is 35.4 Å². The molecule has 1 aromatic rings. The summed E-state index contributed by atoms with van der Waals surface area (Å²) >= 11 is 0. The SMILES string of the molecule is CC1CCC(C(C)(O)c2cccc(C#N)c2)CC1. The topological polar surface area (TPSA) is 44.0 Å². The number of aliphatic hydroxyl groups is 1. The van der Waals surface area contributed by atoms with Crippen molar-refractivity contribution >= 4 is 0 Å². The highest BCUT2D eigenvalue weighted by atomic mass is 16.3. The molecule has 0 heterocycles. The molecule has 0 bridgehead atoms. The molecule has 1 aliphatic rings. The molecular formula is C16H21NO. The van der Waals surface area contributed by atoms with Crippen LogP contribution in [0.4, 0.5) is 0 Å². The van der Waals surface area contributed by atoms with Gasteiger partial charge in [0.15, 0.2) is 0 Å². The zero-order valence-corrected chi connectivity index (χ0v) is 11.2. The van der Waals surface area contributed by atoms with Gasteiger partial charge in [-0.3, -0.25) is 0 Å². The second-order valence-corrected chi connectivity index (χ2v) is 5.80. The quantitative estimate of drug-likeness (QED) is 0.862. The number of rotatable bonds is 2. The molecule has 0 amide bonds. The van der Waals surface area contributed by atoms with Gasteiger partial charge >= 0.3 is 0 Å². The van der Waals surface area contributed by atoms with E-state index in [1.54, 1.807) is 6.07 Å². The maximum Gasteiger partial charge on any atom is 0.0991 e. The minimum Gasteiger partial charge on any atom is -0.385 e. The first kappa shape index (κ1) is 13.1. The third kappa shape index (κ3) is 2.57. The minimum absolute atomic E-state index is 0.308. The molecule has 0 aliphatic heterocycles. The first-order valence-corrected chi connectivity index (χ1v) is 6.77. The van der Waals surface area contributed by atoms with Gasteiger partial charge in [-0.1, -0.05) is 31.9 Å². The Labute approximate surface area is 109 Å². The third-order valence-electron chi connectivity index (χ3n) is 4.39. The summed E-state index contributed by atoms with van der Waals surface area (Å²) in [5.74, 6) is 1.09. The predicted octanol–water partition coefficient (Wildman–Crippen LogP) is 3.59. The van der Waals surface area contributed by atoms with E-state index in [4.69, 9.17) is 5.26 Å². The Kier molecular flexibility index (Phi) is 3.73. The van der Waals surface area contributed by atoms with Gasteiger partial charge < -0.3 is 5.11 Å². The molecule has 2 rings (SSSR count). The summed E-state index contributed by atoms with van der Waals surface area (Å²) in [6.07, 6.45) is 4.54. The number of nitrogens with zero attached hydrogens (tertiary/aromatic N) is 1. The van der Waals surface area contributed by atoms with E-state index in [1.807, 2.05) is 25.1 Å². The highest BCUT2D eigenvalue weighted by Gasteiger charge is 2.35. The first-order valence-electron chi connectivity index (χ1n) is 6.77. The summed E-state index contributed by atoms with van der Waals surface area (Å²) in [5.41, 5.74) is 0.686. The van der Waals surface area contributed by atoms with Crippen LogP contribution in [-0.4, -0.2) is 5.11 Å². The summed E-state index contributed by atoms with van der Waals surface area (Å²) < 4.78 is 0. The molecule has 0 saturated heterocycles. The molecule has 1 aromatic carbocycles. The molecule has 18 heavy (non-hydrogen) atoms. The van der Waals surface area contributed by atoms with Crippen LogP contribution in [0.5, 0.6) is 0 Å². The largest absolute Gasteiger partial charge is 0.385 e. The molecule has 2 heteroatoms. The minimum atomic E-state index is -0.812. The van der Waals surface area contributed by atoms with Crippen LogP contribution in [-0.2, 0) is 5.60 Å². The fraction of sp³-hybridized carbons (Fsp3) is 0.562. The molecule has 0 aromatic heterocycles. The maximum atomic E-state index is 10.8. The number of benzene rings is 1. The Hall–Kier alpha value is -1.33. The first-order chi connectivity index (χ1) is 8.54. The van der Waals surface area contributed by atoms with Crippen molar-refractivity contribution in [1.82, 2.24) is 0 Å². The van der Waals surface area contributed by atoms with E-state index in [9.17, 15) is 5.11 Å². The number of nitriles is 1. The van der Waals surface area contributed by atoms with Crippen molar-refractivity contribution in [2.24, 2.45) is 11.8 Å². The number of hydrogen-bond acceptors (Lipinski definition) is 2. The summed E-state index contributed by atoms with van der Waals surface area (Å²) in [5, 5.41) is 19.7. The maximum absolute atomic E-state index is 10.8. The second kappa shape index (κ2) is 5.12. The van der Waals surface area contributed by atoms with E-state index >= 15 is 0 Å². The van der Waals surface area contributed by atoms with Gasteiger partial charge in [0.2, 0.25) is 0 Å². The number of hydrogen-bond donors (Lipinski definition) is 1. The fourth-order valence-electron chi connectivity index (χ4n) is 2.96. The normalized spacial score (nSPS) is 27.2. The lowest BCUT2D eigenvalue weighted by molar-refractivity contribution is -0.0264. The highest BCUT2D eigenvalue weighted by Crippen LogP contribution is 2.40. The Balaban J connectivity index is 2.21. The van der Waals surface area contributed by atoms with Crippen LogP contribution in [0.25, 0.3) is 0 Å². The van der Waals surface area contributed by atoms with Crippen molar-refractivity contribution in [3.8, 4) is 6.07 Å². The summed E-state index contributed by atoms with van der Waals surface area (Å²) in [6, 6.07) is 9.52. The lowest BCUT2D eigenvalue weighted by atomic mass is 9.72. The molecule has 1 atom stereocenters. The lowest BCUT2D eigenvalue weighted by Crippen LogP contribution is -2.34. The van der Waals surface area contributed by atoms with Crippen molar-refractivity contribution in [1.29, 1.82) is 5.26 Å². The summed E-state index contributed by atoms with van der Waals surface area (Å²) in [6.45, 7) is 4.17. The van der Waals surface area contributed by atoms with Crippen molar-refractivity contribution < 1.29 is 5.11 Å². The summed E-state index contributed by atoms with van der Waals surface area (Å²) in [4.78, 5) is 0. The molecule has 1 aliphatic carbocycles. The molecule has 1 fully saturated rings. The van der Waals surface area contributed by atoms with Crippen molar-refractivity contribution in [3.63, 3.8) is 0 Å². The van der Waals surface area contributed by atoms with Crippen LogP contribution in [0.2, 0.25) is 0 Å². The zero-order chi connectivity index (χ0) is 13.2. The predicted molar refractivity (Wildman–Crippen MR) is 71.8 cm³/mol. The van der Waals surface area contributed by atoms with Gasteiger partial charge in [0.25, 0.3) is 0 Å². The smallest absolute Gasteiger partial charge is 0.0991 e. The van der Waals surface area contributed by atoms with Crippen LogP contribution in [0.3, 0.4) is 0 Å². The van der Waals surface area contributed by atoms with Gasteiger partial charge in [-0.15, -0.1) is 0 Å².